The van der Waals surface area contributed by atoms with E-state index in [0.29, 0.717) is 31.2 Å². The molecule has 1 aromatic heterocycles. The SMILES string of the molecule is Nc1nc2cc(Br)c(F)cc2n1-c1cccc(Cl)c1Cl. The van der Waals surface area contributed by atoms with E-state index in [0.717, 1.165) is 0 Å². The Morgan fingerprint density at radius 1 is 1.25 bits per heavy atom. The van der Waals surface area contributed by atoms with Gasteiger partial charge in [0.05, 0.1) is 31.2 Å². The van der Waals surface area contributed by atoms with E-state index in [1.807, 2.05) is 0 Å². The van der Waals surface area contributed by atoms with Crippen molar-refractivity contribution in [1.29, 1.82) is 0 Å². The van der Waals surface area contributed by atoms with E-state index in [-0.39, 0.29) is 5.95 Å². The Morgan fingerprint density at radius 2 is 2.00 bits per heavy atom. The van der Waals surface area contributed by atoms with Gasteiger partial charge in [-0.2, -0.15) is 0 Å². The Hall–Kier alpha value is -1.30. The van der Waals surface area contributed by atoms with Crippen LogP contribution in [0.5, 0.6) is 0 Å². The second kappa shape index (κ2) is 4.91. The number of halogens is 4. The quantitative estimate of drug-likeness (QED) is 0.663. The third kappa shape index (κ3) is 2.06. The van der Waals surface area contributed by atoms with Gasteiger partial charge in [-0.15, -0.1) is 0 Å². The molecule has 2 aromatic carbocycles. The second-order valence-electron chi connectivity index (χ2n) is 4.13. The smallest absolute Gasteiger partial charge is 0.205 e. The number of hydrogen-bond acceptors (Lipinski definition) is 2. The van der Waals surface area contributed by atoms with E-state index >= 15 is 0 Å². The van der Waals surface area contributed by atoms with Gasteiger partial charge in [0, 0.05) is 6.07 Å². The first kappa shape index (κ1) is 13.7. The van der Waals surface area contributed by atoms with Gasteiger partial charge in [0.1, 0.15) is 5.82 Å². The van der Waals surface area contributed by atoms with Crippen LogP contribution in [0.2, 0.25) is 10.0 Å². The normalized spacial score (nSPS) is 11.2. The van der Waals surface area contributed by atoms with Gasteiger partial charge in [-0.1, -0.05) is 29.3 Å². The Kier molecular flexibility index (Phi) is 3.36. The molecule has 3 aromatic rings. The number of fused-ring (bicyclic) bond motifs is 1. The summed E-state index contributed by atoms with van der Waals surface area (Å²) in [6, 6.07) is 8.06. The summed E-state index contributed by atoms with van der Waals surface area (Å²) < 4.78 is 15.6. The van der Waals surface area contributed by atoms with Crippen LogP contribution in [0.1, 0.15) is 0 Å². The van der Waals surface area contributed by atoms with Gasteiger partial charge in [0.25, 0.3) is 0 Å². The lowest BCUT2D eigenvalue weighted by Gasteiger charge is -2.09. The summed E-state index contributed by atoms with van der Waals surface area (Å²) in [5.41, 5.74) is 7.56. The maximum absolute atomic E-state index is 13.7. The lowest BCUT2D eigenvalue weighted by Crippen LogP contribution is -2.01. The molecule has 102 valence electrons. The highest BCUT2D eigenvalue weighted by atomic mass is 79.9. The van der Waals surface area contributed by atoms with Crippen molar-refractivity contribution in [2.75, 3.05) is 5.73 Å². The van der Waals surface area contributed by atoms with Crippen LogP contribution in [0, 0.1) is 5.82 Å². The van der Waals surface area contributed by atoms with Crippen molar-refractivity contribution in [3.05, 3.63) is 50.7 Å². The molecule has 0 fully saturated rings. The Bertz CT molecular complexity index is 832. The Balaban J connectivity index is 2.39. The van der Waals surface area contributed by atoms with Crippen LogP contribution < -0.4 is 5.73 Å². The van der Waals surface area contributed by atoms with Crippen LogP contribution in [0.15, 0.2) is 34.8 Å². The average Bonchev–Trinajstić information content (AvgIpc) is 2.69. The number of nitrogens with two attached hydrogens (primary N) is 1. The number of nitrogens with zero attached hydrogens (tertiary/aromatic N) is 2. The maximum atomic E-state index is 13.7. The molecule has 0 spiro atoms. The minimum absolute atomic E-state index is 0.210. The number of imidazole rings is 1. The molecule has 2 N–H and O–H groups in total. The summed E-state index contributed by atoms with van der Waals surface area (Å²) in [6.07, 6.45) is 0. The molecule has 0 atom stereocenters. The summed E-state index contributed by atoms with van der Waals surface area (Å²) in [4.78, 5) is 4.20. The zero-order valence-electron chi connectivity index (χ0n) is 9.87. The van der Waals surface area contributed by atoms with E-state index in [9.17, 15) is 4.39 Å². The minimum atomic E-state index is -0.406. The van der Waals surface area contributed by atoms with Gasteiger partial charge >= 0.3 is 0 Å². The summed E-state index contributed by atoms with van der Waals surface area (Å²) >= 11 is 15.3. The highest BCUT2D eigenvalue weighted by molar-refractivity contribution is 9.10. The first-order valence-corrected chi connectivity index (χ1v) is 7.11. The van der Waals surface area contributed by atoms with Crippen LogP contribution in [0.25, 0.3) is 16.7 Å². The van der Waals surface area contributed by atoms with Crippen LogP contribution in [0.3, 0.4) is 0 Å². The van der Waals surface area contributed by atoms with Crippen molar-refractivity contribution in [2.45, 2.75) is 0 Å². The van der Waals surface area contributed by atoms with Crippen LogP contribution >= 0.6 is 39.1 Å². The summed E-state index contributed by atoms with van der Waals surface area (Å²) in [7, 11) is 0. The molecule has 0 aliphatic carbocycles. The molecule has 0 amide bonds. The van der Waals surface area contributed by atoms with Gasteiger partial charge < -0.3 is 5.73 Å². The molecule has 0 unspecified atom stereocenters. The first-order chi connectivity index (χ1) is 9.49. The predicted octanol–water partition coefficient (Wildman–Crippen LogP) is 4.82. The van der Waals surface area contributed by atoms with Gasteiger partial charge in [-0.25, -0.2) is 9.37 Å². The van der Waals surface area contributed by atoms with Crippen LogP contribution in [0.4, 0.5) is 10.3 Å². The highest BCUT2D eigenvalue weighted by Gasteiger charge is 2.16. The fourth-order valence-electron chi connectivity index (χ4n) is 2.01. The molecule has 1 heterocycles. The van der Waals surface area contributed by atoms with Gasteiger partial charge in [0.2, 0.25) is 5.95 Å². The highest BCUT2D eigenvalue weighted by Crippen LogP contribution is 2.33. The van der Waals surface area contributed by atoms with Gasteiger partial charge in [-0.3, -0.25) is 4.57 Å². The van der Waals surface area contributed by atoms with Crippen molar-refractivity contribution < 1.29 is 4.39 Å². The maximum Gasteiger partial charge on any atom is 0.205 e. The molecule has 0 saturated heterocycles. The predicted molar refractivity (Wildman–Crippen MR) is 83.2 cm³/mol. The zero-order valence-corrected chi connectivity index (χ0v) is 13.0. The summed E-state index contributed by atoms with van der Waals surface area (Å²) in [6.45, 7) is 0. The topological polar surface area (TPSA) is 43.8 Å². The van der Waals surface area contributed by atoms with E-state index in [4.69, 9.17) is 28.9 Å². The number of benzene rings is 2. The largest absolute Gasteiger partial charge is 0.369 e. The molecular weight excluding hydrogens is 368 g/mol. The minimum Gasteiger partial charge on any atom is -0.369 e. The molecule has 0 bridgehead atoms. The van der Waals surface area contributed by atoms with Crippen molar-refractivity contribution in [2.24, 2.45) is 0 Å². The zero-order chi connectivity index (χ0) is 14.4. The molecule has 3 rings (SSSR count). The summed E-state index contributed by atoms with van der Waals surface area (Å²) in [5, 5.41) is 0.728. The summed E-state index contributed by atoms with van der Waals surface area (Å²) in [5.74, 6) is -0.196. The number of aromatic nitrogens is 2. The van der Waals surface area contributed by atoms with E-state index in [1.165, 1.54) is 6.07 Å². The third-order valence-corrected chi connectivity index (χ3v) is 4.31. The standard InChI is InChI=1S/C13H7BrCl2FN3/c14-6-4-9-11(5-8(6)17)20(13(18)19-9)10-3-1-2-7(15)12(10)16/h1-5H,(H2,18,19). The van der Waals surface area contributed by atoms with Crippen molar-refractivity contribution in [3.63, 3.8) is 0 Å². The van der Waals surface area contributed by atoms with Crippen molar-refractivity contribution in [1.82, 2.24) is 9.55 Å². The molecule has 20 heavy (non-hydrogen) atoms. The molecule has 7 heteroatoms. The number of nitrogen functional groups attached to an aromatic ring is 1. The lowest BCUT2D eigenvalue weighted by atomic mass is 10.2. The first-order valence-electron chi connectivity index (χ1n) is 5.56. The Morgan fingerprint density at radius 3 is 2.75 bits per heavy atom. The van der Waals surface area contributed by atoms with E-state index in [2.05, 4.69) is 20.9 Å². The van der Waals surface area contributed by atoms with Gasteiger partial charge in [0.15, 0.2) is 0 Å². The number of rotatable bonds is 1. The van der Waals surface area contributed by atoms with Crippen LogP contribution in [-0.2, 0) is 0 Å². The van der Waals surface area contributed by atoms with Crippen molar-refractivity contribution in [3.8, 4) is 5.69 Å². The van der Waals surface area contributed by atoms with E-state index < -0.39 is 5.82 Å². The fraction of sp³-hybridized carbons (Fsp3) is 0. The fourth-order valence-corrected chi connectivity index (χ4v) is 2.72. The average molecular weight is 375 g/mol. The molecule has 0 saturated carbocycles. The second-order valence-corrected chi connectivity index (χ2v) is 5.77. The van der Waals surface area contributed by atoms with Gasteiger partial charge in [-0.05, 0) is 34.1 Å². The van der Waals surface area contributed by atoms with Crippen LogP contribution in [-0.4, -0.2) is 9.55 Å². The van der Waals surface area contributed by atoms with E-state index in [1.54, 1.807) is 28.8 Å². The Labute approximate surface area is 132 Å². The monoisotopic (exact) mass is 373 g/mol. The van der Waals surface area contributed by atoms with Crippen molar-refractivity contribution >= 4 is 56.1 Å². The lowest BCUT2D eigenvalue weighted by molar-refractivity contribution is 0.622. The molecule has 0 aliphatic rings. The molecule has 3 nitrogen and oxygen atoms in total. The number of hydrogen-bond donors (Lipinski definition) is 1. The third-order valence-electron chi connectivity index (χ3n) is 2.89. The molecular formula is C13H7BrCl2FN3. The number of anilines is 1. The molecule has 0 radical (unpaired) electrons. The molecule has 0 aliphatic heterocycles.